The Kier molecular flexibility index (Phi) is 6.26. The van der Waals surface area contributed by atoms with Crippen LogP contribution in [0.2, 0.25) is 0 Å². The lowest BCUT2D eigenvalue weighted by molar-refractivity contribution is 0.567. The molecule has 0 aliphatic carbocycles. The lowest BCUT2D eigenvalue weighted by Crippen LogP contribution is -2.33. The van der Waals surface area contributed by atoms with Gasteiger partial charge in [0.15, 0.2) is 9.84 Å². The summed E-state index contributed by atoms with van der Waals surface area (Å²) in [5, 5.41) is -1.17. The van der Waals surface area contributed by atoms with Crippen LogP contribution in [-0.2, 0) is 19.9 Å². The van der Waals surface area contributed by atoms with Crippen LogP contribution >= 0.6 is 0 Å². The maximum absolute atomic E-state index is 13.1. The van der Waals surface area contributed by atoms with E-state index in [0.717, 1.165) is 24.3 Å². The minimum Gasteiger partial charge on any atom is -0.264 e. The second-order valence-corrected chi connectivity index (χ2v) is 9.50. The molecular weight excluding hydrogens is 367 g/mol. The molecule has 1 N–H and O–H groups in total. The number of rotatable bonds is 8. The number of hydrogen-bond acceptors (Lipinski definition) is 5. The molecule has 0 aliphatic rings. The normalized spacial score (nSPS) is 13.5. The molecule has 0 bridgehead atoms. The van der Waals surface area contributed by atoms with E-state index in [4.69, 9.17) is 0 Å². The smallest absolute Gasteiger partial charge is 0.211 e. The van der Waals surface area contributed by atoms with Gasteiger partial charge in [-0.05, 0) is 42.3 Å². The number of aromatic nitrogens is 1. The van der Waals surface area contributed by atoms with E-state index in [-0.39, 0.29) is 17.2 Å². The van der Waals surface area contributed by atoms with E-state index in [1.54, 1.807) is 19.1 Å². The third-order valence-electron chi connectivity index (χ3n) is 3.53. The fourth-order valence-corrected chi connectivity index (χ4v) is 5.16. The van der Waals surface area contributed by atoms with Crippen molar-refractivity contribution in [2.24, 2.45) is 0 Å². The summed E-state index contributed by atoms with van der Waals surface area (Å²) in [6, 6.07) is 7.56. The minimum absolute atomic E-state index is 0.0857. The molecule has 2 aromatic rings. The van der Waals surface area contributed by atoms with Crippen molar-refractivity contribution in [1.82, 2.24) is 9.71 Å². The molecule has 0 unspecified atom stereocenters. The lowest BCUT2D eigenvalue weighted by atomic mass is 10.2. The first-order valence-electron chi connectivity index (χ1n) is 7.63. The standard InChI is InChI=1S/C16H19FN2O4S2/c1-2-10-24(20,21)19-12-16(13-4-3-9-18-11-13)25(22,23)15-7-5-14(17)6-8-15/h3-9,11,16,19H,2,10,12H2,1H3/t16-/m0/s1. The number of nitrogens with one attached hydrogen (secondary N) is 1. The Balaban J connectivity index is 2.39. The van der Waals surface area contributed by atoms with Crippen molar-refractivity contribution in [3.05, 3.63) is 60.2 Å². The van der Waals surface area contributed by atoms with E-state index in [2.05, 4.69) is 9.71 Å². The summed E-state index contributed by atoms with van der Waals surface area (Å²) in [5.41, 5.74) is 0.353. The maximum atomic E-state index is 13.1. The van der Waals surface area contributed by atoms with Gasteiger partial charge < -0.3 is 0 Å². The highest BCUT2D eigenvalue weighted by Gasteiger charge is 2.30. The molecule has 0 fully saturated rings. The van der Waals surface area contributed by atoms with E-state index in [9.17, 15) is 21.2 Å². The highest BCUT2D eigenvalue weighted by atomic mass is 32.2. The van der Waals surface area contributed by atoms with Crippen molar-refractivity contribution in [3.8, 4) is 0 Å². The SMILES string of the molecule is CCCS(=O)(=O)NC[C@@H](c1cccnc1)S(=O)(=O)c1ccc(F)cc1. The highest BCUT2D eigenvalue weighted by Crippen LogP contribution is 2.28. The van der Waals surface area contributed by atoms with Gasteiger partial charge in [-0.15, -0.1) is 0 Å². The Labute approximate surface area is 147 Å². The summed E-state index contributed by atoms with van der Waals surface area (Å²) in [7, 11) is -7.52. The maximum Gasteiger partial charge on any atom is 0.211 e. The largest absolute Gasteiger partial charge is 0.264 e. The molecule has 0 saturated heterocycles. The summed E-state index contributed by atoms with van der Waals surface area (Å²) < 4.78 is 65.1. The molecule has 1 heterocycles. The molecule has 0 spiro atoms. The molecule has 0 radical (unpaired) electrons. The first-order chi connectivity index (χ1) is 11.8. The van der Waals surface area contributed by atoms with Crippen LogP contribution in [0.3, 0.4) is 0 Å². The number of sulfone groups is 1. The van der Waals surface area contributed by atoms with Crippen molar-refractivity contribution in [2.75, 3.05) is 12.3 Å². The number of nitrogens with zero attached hydrogens (tertiary/aromatic N) is 1. The molecule has 0 amide bonds. The molecule has 6 nitrogen and oxygen atoms in total. The van der Waals surface area contributed by atoms with E-state index in [1.807, 2.05) is 0 Å². The lowest BCUT2D eigenvalue weighted by Gasteiger charge is -2.18. The highest BCUT2D eigenvalue weighted by molar-refractivity contribution is 7.92. The fourth-order valence-electron chi connectivity index (χ4n) is 2.31. The first kappa shape index (κ1) is 19.5. The molecule has 136 valence electrons. The minimum atomic E-state index is -3.94. The van der Waals surface area contributed by atoms with Crippen LogP contribution in [0.4, 0.5) is 4.39 Å². The molecule has 1 aromatic carbocycles. The Morgan fingerprint density at radius 3 is 2.36 bits per heavy atom. The summed E-state index contributed by atoms with van der Waals surface area (Å²) in [6.45, 7) is 1.39. The van der Waals surface area contributed by atoms with Crippen LogP contribution in [0, 0.1) is 5.82 Å². The van der Waals surface area contributed by atoms with Gasteiger partial charge in [0.25, 0.3) is 0 Å². The van der Waals surface area contributed by atoms with Crippen LogP contribution in [-0.4, -0.2) is 34.1 Å². The van der Waals surface area contributed by atoms with Gasteiger partial charge in [0.2, 0.25) is 10.0 Å². The van der Waals surface area contributed by atoms with E-state index in [1.165, 1.54) is 12.4 Å². The zero-order valence-corrected chi connectivity index (χ0v) is 15.2. The summed E-state index contributed by atoms with van der Waals surface area (Å²) in [6.07, 6.45) is 3.28. The quantitative estimate of drug-likeness (QED) is 0.701. The van der Waals surface area contributed by atoms with Crippen molar-refractivity contribution in [1.29, 1.82) is 0 Å². The molecule has 2 rings (SSSR count). The molecule has 9 heteroatoms. The Hall–Kier alpha value is -1.84. The predicted molar refractivity (Wildman–Crippen MR) is 92.6 cm³/mol. The third-order valence-corrected chi connectivity index (χ3v) is 7.20. The van der Waals surface area contributed by atoms with Crippen LogP contribution in [0.25, 0.3) is 0 Å². The summed E-state index contributed by atoms with van der Waals surface area (Å²) in [4.78, 5) is 3.82. The molecule has 0 saturated carbocycles. The first-order valence-corrected chi connectivity index (χ1v) is 10.8. The Morgan fingerprint density at radius 2 is 1.80 bits per heavy atom. The van der Waals surface area contributed by atoms with Crippen molar-refractivity contribution in [2.45, 2.75) is 23.5 Å². The van der Waals surface area contributed by atoms with Crippen molar-refractivity contribution in [3.63, 3.8) is 0 Å². The Morgan fingerprint density at radius 1 is 1.12 bits per heavy atom. The number of sulfonamides is 1. The molecule has 1 atom stereocenters. The summed E-state index contributed by atoms with van der Waals surface area (Å²) >= 11 is 0. The zero-order valence-electron chi connectivity index (χ0n) is 13.6. The molecular formula is C16H19FN2O4S2. The van der Waals surface area contributed by atoms with Gasteiger partial charge in [-0.2, -0.15) is 0 Å². The Bertz CT molecular complexity index is 899. The number of benzene rings is 1. The average molecular weight is 386 g/mol. The number of pyridine rings is 1. The van der Waals surface area contributed by atoms with Gasteiger partial charge in [-0.3, -0.25) is 4.98 Å². The molecule has 25 heavy (non-hydrogen) atoms. The van der Waals surface area contributed by atoms with Crippen LogP contribution in [0.15, 0.2) is 53.7 Å². The van der Waals surface area contributed by atoms with Gasteiger partial charge >= 0.3 is 0 Å². The zero-order chi connectivity index (χ0) is 18.5. The molecule has 1 aromatic heterocycles. The van der Waals surface area contributed by atoms with Crippen molar-refractivity contribution >= 4 is 19.9 Å². The van der Waals surface area contributed by atoms with Gasteiger partial charge in [-0.25, -0.2) is 25.9 Å². The second-order valence-electron chi connectivity index (χ2n) is 5.44. The van der Waals surface area contributed by atoms with Gasteiger partial charge in [0, 0.05) is 18.9 Å². The van der Waals surface area contributed by atoms with E-state index in [0.29, 0.717) is 12.0 Å². The van der Waals surface area contributed by atoms with Crippen LogP contribution < -0.4 is 4.72 Å². The predicted octanol–water partition coefficient (Wildman–Crippen LogP) is 2.07. The van der Waals surface area contributed by atoms with Crippen LogP contribution in [0.1, 0.15) is 24.2 Å². The van der Waals surface area contributed by atoms with Gasteiger partial charge in [0.1, 0.15) is 11.1 Å². The summed E-state index contributed by atoms with van der Waals surface area (Å²) in [5.74, 6) is -0.649. The number of hydrogen-bond donors (Lipinski definition) is 1. The van der Waals surface area contributed by atoms with Gasteiger partial charge in [0.05, 0.1) is 10.6 Å². The van der Waals surface area contributed by atoms with Crippen molar-refractivity contribution < 1.29 is 21.2 Å². The number of halogens is 1. The topological polar surface area (TPSA) is 93.2 Å². The molecule has 0 aliphatic heterocycles. The average Bonchev–Trinajstić information content (AvgIpc) is 2.56. The third kappa shape index (κ3) is 5.07. The second kappa shape index (κ2) is 8.03. The fraction of sp³-hybridized carbons (Fsp3) is 0.312. The van der Waals surface area contributed by atoms with E-state index < -0.39 is 30.9 Å². The monoisotopic (exact) mass is 386 g/mol. The van der Waals surface area contributed by atoms with Crippen LogP contribution in [0.5, 0.6) is 0 Å². The van der Waals surface area contributed by atoms with E-state index >= 15 is 0 Å². The van der Waals surface area contributed by atoms with Gasteiger partial charge in [-0.1, -0.05) is 13.0 Å².